The smallest absolute Gasteiger partial charge is 0.0621 e. The summed E-state index contributed by atoms with van der Waals surface area (Å²) in [4.78, 5) is 0. The van der Waals surface area contributed by atoms with Gasteiger partial charge in [-0.15, -0.1) is 0 Å². The van der Waals surface area contributed by atoms with E-state index < -0.39 is 8.07 Å². The van der Waals surface area contributed by atoms with Gasteiger partial charge in [0.05, 0.1) is 0 Å². The second kappa shape index (κ2) is 11.8. The van der Waals surface area contributed by atoms with Gasteiger partial charge in [-0.25, -0.2) is 0 Å². The molecule has 0 N–H and O–H groups in total. The van der Waals surface area contributed by atoms with E-state index in [4.69, 9.17) is 0 Å². The molecule has 0 nitrogen and oxygen atoms in total. The van der Waals surface area contributed by atoms with Crippen LogP contribution in [-0.2, 0) is 21.7 Å². The quantitative estimate of drug-likeness (QED) is 0.152. The van der Waals surface area contributed by atoms with Gasteiger partial charge in [0, 0.05) is 21.7 Å². The predicted octanol–water partition coefficient (Wildman–Crippen LogP) is 16.5. The number of hydrogen-bond donors (Lipinski definition) is 0. The summed E-state index contributed by atoms with van der Waals surface area (Å²) in [6.45, 7) is 24.6. The lowest BCUT2D eigenvalue weighted by atomic mass is 9.77. The SMILES string of the molecule is CC1(C)c2cc(C3=CC=C(c4ccc5c(c4)C(C)(C)c4cc6c(cc4-5)-c4c(ccc5ccccc45)C6(C)C)[Si]3(C)C)ccc2-c2cc3c(cc21)C(C)(C)c1ccc2ccccc2c1-3. The first-order valence-corrected chi connectivity index (χ1v) is 26.2. The molecule has 4 aliphatic carbocycles. The summed E-state index contributed by atoms with van der Waals surface area (Å²) in [7, 11) is -2.07. The molecule has 0 aromatic heterocycles. The first kappa shape index (κ1) is 37.5. The second-order valence-corrected chi connectivity index (χ2v) is 26.4. The van der Waals surface area contributed by atoms with Crippen LogP contribution in [0, 0.1) is 0 Å². The Bertz CT molecular complexity index is 3290. The molecule has 8 aromatic rings. The van der Waals surface area contributed by atoms with Gasteiger partial charge in [-0.2, -0.15) is 0 Å². The van der Waals surface area contributed by atoms with Crippen molar-refractivity contribution in [2.75, 3.05) is 0 Å². The second-order valence-electron chi connectivity index (χ2n) is 22.1. The van der Waals surface area contributed by atoms with Crippen molar-refractivity contribution in [1.82, 2.24) is 0 Å². The van der Waals surface area contributed by atoms with Crippen LogP contribution in [0.1, 0.15) is 111 Å². The lowest BCUT2D eigenvalue weighted by Gasteiger charge is -2.29. The normalized spacial score (nSPS) is 18.8. The fourth-order valence-corrected chi connectivity index (χ4v) is 16.5. The minimum Gasteiger partial charge on any atom is -0.0621 e. The van der Waals surface area contributed by atoms with Crippen LogP contribution in [0.5, 0.6) is 0 Å². The summed E-state index contributed by atoms with van der Waals surface area (Å²) in [6.07, 6.45) is 4.94. The Morgan fingerprint density at radius 1 is 0.317 bits per heavy atom. The van der Waals surface area contributed by atoms with E-state index in [0.717, 1.165) is 0 Å². The van der Waals surface area contributed by atoms with Gasteiger partial charge in [-0.05, 0) is 144 Å². The van der Waals surface area contributed by atoms with E-state index in [-0.39, 0.29) is 21.7 Å². The molecule has 0 unspecified atom stereocenters. The lowest BCUT2D eigenvalue weighted by molar-refractivity contribution is 0.639. The van der Waals surface area contributed by atoms with Gasteiger partial charge in [-0.3, -0.25) is 0 Å². The summed E-state index contributed by atoms with van der Waals surface area (Å²) >= 11 is 0. The van der Waals surface area contributed by atoms with E-state index in [1.807, 2.05) is 0 Å². The average molecular weight is 827 g/mol. The highest BCUT2D eigenvalue weighted by molar-refractivity contribution is 7.09. The van der Waals surface area contributed by atoms with Crippen molar-refractivity contribution in [2.45, 2.75) is 90.1 Å². The van der Waals surface area contributed by atoms with E-state index in [1.165, 1.54) is 132 Å². The van der Waals surface area contributed by atoms with Crippen molar-refractivity contribution < 1.29 is 0 Å². The maximum Gasteiger partial charge on any atom is 0.113 e. The van der Waals surface area contributed by atoms with Crippen molar-refractivity contribution in [3.8, 4) is 44.5 Å². The van der Waals surface area contributed by atoms with Crippen LogP contribution in [0.15, 0.2) is 146 Å². The van der Waals surface area contributed by atoms with Gasteiger partial charge >= 0.3 is 0 Å². The van der Waals surface area contributed by atoms with Crippen molar-refractivity contribution in [3.63, 3.8) is 0 Å². The van der Waals surface area contributed by atoms with Crippen LogP contribution in [0.3, 0.4) is 0 Å². The molecular weight excluding hydrogens is 773 g/mol. The highest BCUT2D eigenvalue weighted by Crippen LogP contribution is 2.60. The van der Waals surface area contributed by atoms with Crippen LogP contribution < -0.4 is 0 Å². The monoisotopic (exact) mass is 826 g/mol. The molecule has 0 fully saturated rings. The molecule has 0 amide bonds. The molecule has 0 spiro atoms. The van der Waals surface area contributed by atoms with Crippen LogP contribution >= 0.6 is 0 Å². The zero-order valence-corrected chi connectivity index (χ0v) is 39.4. The molecule has 8 aromatic carbocycles. The highest BCUT2D eigenvalue weighted by Gasteiger charge is 2.45. The van der Waals surface area contributed by atoms with E-state index >= 15 is 0 Å². The van der Waals surface area contributed by atoms with Crippen LogP contribution in [0.2, 0.25) is 13.1 Å². The Hall–Kier alpha value is -6.02. The molecule has 1 heterocycles. The van der Waals surface area contributed by atoms with Crippen molar-refractivity contribution in [2.24, 2.45) is 0 Å². The van der Waals surface area contributed by atoms with Gasteiger partial charge in [0.2, 0.25) is 0 Å². The topological polar surface area (TPSA) is 0 Å². The molecule has 306 valence electrons. The van der Waals surface area contributed by atoms with E-state index in [1.54, 1.807) is 0 Å². The van der Waals surface area contributed by atoms with Crippen LogP contribution in [0.4, 0.5) is 0 Å². The van der Waals surface area contributed by atoms with Crippen LogP contribution in [-0.4, -0.2) is 8.07 Å². The largest absolute Gasteiger partial charge is 0.113 e. The van der Waals surface area contributed by atoms with Crippen LogP contribution in [0.25, 0.3) is 76.4 Å². The van der Waals surface area contributed by atoms with Gasteiger partial charge in [0.15, 0.2) is 0 Å². The van der Waals surface area contributed by atoms with Gasteiger partial charge in [-0.1, -0.05) is 202 Å². The highest BCUT2D eigenvalue weighted by atomic mass is 28.3. The summed E-state index contributed by atoms with van der Waals surface area (Å²) < 4.78 is 0. The Morgan fingerprint density at radius 3 is 1.11 bits per heavy atom. The molecule has 0 radical (unpaired) electrons. The van der Waals surface area contributed by atoms with Crippen molar-refractivity contribution in [1.29, 1.82) is 0 Å². The Labute approximate surface area is 374 Å². The number of allylic oxidation sites excluding steroid dienone is 2. The first-order valence-electron chi connectivity index (χ1n) is 23.2. The summed E-state index contributed by atoms with van der Waals surface area (Å²) in [5.74, 6) is 0. The predicted molar refractivity (Wildman–Crippen MR) is 272 cm³/mol. The Kier molecular flexibility index (Phi) is 7.00. The van der Waals surface area contributed by atoms with Crippen molar-refractivity contribution >= 4 is 40.0 Å². The van der Waals surface area contributed by atoms with Gasteiger partial charge in [0.1, 0.15) is 8.07 Å². The molecule has 0 saturated heterocycles. The molecule has 0 saturated carbocycles. The number of rotatable bonds is 2. The third-order valence-electron chi connectivity index (χ3n) is 17.1. The fraction of sp³-hybridized carbons (Fsp3) is 0.226. The lowest BCUT2D eigenvalue weighted by Crippen LogP contribution is -2.28. The molecule has 1 heteroatoms. The maximum atomic E-state index is 2.58. The number of hydrogen-bond acceptors (Lipinski definition) is 0. The average Bonchev–Trinajstić information content (AvgIpc) is 3.93. The molecule has 0 bridgehead atoms. The third-order valence-corrected chi connectivity index (χ3v) is 20.7. The number of fused-ring (bicyclic) bond motifs is 16. The number of benzene rings is 8. The van der Waals surface area contributed by atoms with E-state index in [0.29, 0.717) is 0 Å². The standard InChI is InChI=1S/C62H54Si/c1-59(2)47-25-21-35-15-11-13-17-39(35)57(47)45-31-43-41-23-19-37(29-49(41)61(5,6)51(43)33-53(45)59)55-27-28-56(63(55,9)10)38-20-24-42-44-32-46-54(34-52(44)62(7,8)50(42)30-38)60(3,4)48-26-22-36-16-12-14-18-40(36)58(46)48/h11-34H,1-10H3. The molecule has 1 aliphatic heterocycles. The Morgan fingerprint density at radius 2 is 0.683 bits per heavy atom. The van der Waals surface area contributed by atoms with E-state index in [2.05, 4.69) is 214 Å². The van der Waals surface area contributed by atoms with Gasteiger partial charge in [0.25, 0.3) is 0 Å². The Balaban J connectivity index is 0.859. The molecule has 5 aliphatic rings. The van der Waals surface area contributed by atoms with Crippen molar-refractivity contribution in [3.05, 3.63) is 201 Å². The molecule has 63 heavy (non-hydrogen) atoms. The summed E-state index contributed by atoms with van der Waals surface area (Å²) in [6, 6.07) is 52.4. The zero-order valence-electron chi connectivity index (χ0n) is 38.4. The zero-order chi connectivity index (χ0) is 43.3. The molecule has 13 rings (SSSR count). The molecular formula is C62H54Si. The third kappa shape index (κ3) is 4.57. The fourth-order valence-electron chi connectivity index (χ4n) is 13.4. The molecule has 0 atom stereocenters. The summed E-state index contributed by atoms with van der Waals surface area (Å²) in [5, 5.41) is 8.42. The van der Waals surface area contributed by atoms with Gasteiger partial charge < -0.3 is 0 Å². The maximum absolute atomic E-state index is 2.58. The minimum absolute atomic E-state index is 0.0554. The summed E-state index contributed by atoms with van der Waals surface area (Å²) in [5.41, 5.74) is 25.4. The minimum atomic E-state index is -2.07. The first-order chi connectivity index (χ1) is 30.0. The van der Waals surface area contributed by atoms with E-state index in [9.17, 15) is 0 Å².